The standard InChI is InChI=1S/C51H31N5/c1-3-15-32(16-4-1)33-27-28-40-38-21-11-14-26-46(38)56(47(40)31-33)51-53-49-41-23-9-7-19-36(41)34-29-43(37-20-8-10-24-42(37)50(52-49)54-51)48-44(30-34)39-22-12-13-25-45(39)55(48)35-17-5-2-6-18-35/h1-31H. The van der Waals surface area contributed by atoms with Crippen molar-refractivity contribution in [1.29, 1.82) is 0 Å². The molecule has 0 atom stereocenters. The molecule has 0 saturated carbocycles. The van der Waals surface area contributed by atoms with Crippen LogP contribution in [0.4, 0.5) is 0 Å². The Morgan fingerprint density at radius 3 is 1.50 bits per heavy atom. The van der Waals surface area contributed by atoms with E-state index in [0.29, 0.717) is 17.2 Å². The first-order valence-electron chi connectivity index (χ1n) is 19.0. The average molecular weight is 714 g/mol. The summed E-state index contributed by atoms with van der Waals surface area (Å²) in [6, 6.07) is 67.0. The lowest BCUT2D eigenvalue weighted by Crippen LogP contribution is -2.03. The van der Waals surface area contributed by atoms with Gasteiger partial charge in [0.15, 0.2) is 11.3 Å². The maximum atomic E-state index is 5.41. The molecule has 0 aliphatic rings. The van der Waals surface area contributed by atoms with Crippen LogP contribution in [-0.4, -0.2) is 24.1 Å². The molecule has 4 heterocycles. The second kappa shape index (κ2) is 11.9. The molecule has 0 spiro atoms. The van der Waals surface area contributed by atoms with Gasteiger partial charge in [-0.25, -0.2) is 4.98 Å². The highest BCUT2D eigenvalue weighted by Gasteiger charge is 2.19. The molecule has 0 unspecified atom stereocenters. The van der Waals surface area contributed by atoms with Crippen LogP contribution < -0.4 is 0 Å². The van der Waals surface area contributed by atoms with Gasteiger partial charge in [0.05, 0.1) is 22.1 Å². The van der Waals surface area contributed by atoms with Crippen molar-refractivity contribution in [3.05, 3.63) is 188 Å². The van der Waals surface area contributed by atoms with Gasteiger partial charge >= 0.3 is 0 Å². The van der Waals surface area contributed by atoms with E-state index in [4.69, 9.17) is 15.0 Å². The van der Waals surface area contributed by atoms with E-state index in [-0.39, 0.29) is 0 Å². The molecule has 8 aromatic carbocycles. The first-order valence-corrected chi connectivity index (χ1v) is 19.0. The van der Waals surface area contributed by atoms with Crippen molar-refractivity contribution in [3.63, 3.8) is 0 Å². The van der Waals surface area contributed by atoms with Gasteiger partial charge in [-0.2, -0.15) is 9.97 Å². The second-order valence-corrected chi connectivity index (χ2v) is 14.4. The molecule has 12 rings (SSSR count). The van der Waals surface area contributed by atoms with Gasteiger partial charge < -0.3 is 4.57 Å². The molecule has 0 N–H and O–H groups in total. The quantitative estimate of drug-likeness (QED) is 0.183. The zero-order valence-corrected chi connectivity index (χ0v) is 30.1. The molecule has 0 amide bonds. The normalized spacial score (nSPS) is 11.9. The van der Waals surface area contributed by atoms with Gasteiger partial charge in [-0.15, -0.1) is 0 Å². The number of para-hydroxylation sites is 3. The third-order valence-electron chi connectivity index (χ3n) is 11.3. The fraction of sp³-hybridized carbons (Fsp3) is 0. The van der Waals surface area contributed by atoms with Crippen LogP contribution in [-0.2, 0) is 0 Å². The minimum absolute atomic E-state index is 0.582. The Hall–Kier alpha value is -7.63. The molecule has 4 bridgehead atoms. The van der Waals surface area contributed by atoms with Crippen LogP contribution in [0.1, 0.15) is 0 Å². The molecule has 260 valence electrons. The van der Waals surface area contributed by atoms with Crippen LogP contribution in [0.2, 0.25) is 0 Å². The third-order valence-corrected chi connectivity index (χ3v) is 11.3. The Balaban J connectivity index is 1.29. The molecular formula is C51H31N5. The van der Waals surface area contributed by atoms with E-state index >= 15 is 0 Å². The number of benzene rings is 8. The van der Waals surface area contributed by atoms with Gasteiger partial charge in [-0.3, -0.25) is 4.57 Å². The van der Waals surface area contributed by atoms with Crippen molar-refractivity contribution in [1.82, 2.24) is 24.1 Å². The molecule has 0 fully saturated rings. The molecular weight excluding hydrogens is 683 g/mol. The van der Waals surface area contributed by atoms with Crippen molar-refractivity contribution < 1.29 is 0 Å². The third kappa shape index (κ3) is 4.52. The van der Waals surface area contributed by atoms with Crippen LogP contribution in [0.15, 0.2) is 188 Å². The Morgan fingerprint density at radius 1 is 0.304 bits per heavy atom. The van der Waals surface area contributed by atoms with Crippen LogP contribution in [0.3, 0.4) is 0 Å². The Bertz CT molecular complexity index is 3580. The van der Waals surface area contributed by atoms with Gasteiger partial charge in [0.2, 0.25) is 5.95 Å². The topological polar surface area (TPSA) is 48.5 Å². The maximum absolute atomic E-state index is 5.41. The molecule has 5 heteroatoms. The fourth-order valence-electron chi connectivity index (χ4n) is 8.85. The second-order valence-electron chi connectivity index (χ2n) is 14.4. The van der Waals surface area contributed by atoms with Crippen molar-refractivity contribution in [3.8, 4) is 22.8 Å². The molecule has 0 aliphatic heterocycles. The number of rotatable bonds is 3. The fourth-order valence-corrected chi connectivity index (χ4v) is 8.85. The van der Waals surface area contributed by atoms with E-state index in [9.17, 15) is 0 Å². The van der Waals surface area contributed by atoms with Gasteiger partial charge in [-0.05, 0) is 69.8 Å². The van der Waals surface area contributed by atoms with Crippen molar-refractivity contribution in [2.45, 2.75) is 0 Å². The number of fused-ring (bicyclic) bond motifs is 17. The first kappa shape index (κ1) is 30.8. The lowest BCUT2D eigenvalue weighted by atomic mass is 10.0. The highest BCUT2D eigenvalue weighted by molar-refractivity contribution is 6.24. The predicted octanol–water partition coefficient (Wildman–Crippen LogP) is 12.9. The highest BCUT2D eigenvalue weighted by Crippen LogP contribution is 2.40. The van der Waals surface area contributed by atoms with Crippen LogP contribution in [0.5, 0.6) is 0 Å². The smallest absolute Gasteiger partial charge is 0.238 e. The lowest BCUT2D eigenvalue weighted by Gasteiger charge is -2.12. The van der Waals surface area contributed by atoms with Gasteiger partial charge in [0.1, 0.15) is 0 Å². The lowest BCUT2D eigenvalue weighted by molar-refractivity contribution is 1.00. The Kier molecular flexibility index (Phi) is 6.56. The van der Waals surface area contributed by atoms with Crippen LogP contribution in [0, 0.1) is 0 Å². The SMILES string of the molecule is c1ccc(-c2ccc3c4ccccc4n(-c4nc5nc(n4)c4ccccc4c4cc(cc6c7ccccc7n(-c7ccccc7)c46)c4ccccc54)c3c2)cc1. The van der Waals surface area contributed by atoms with Crippen molar-refractivity contribution >= 4 is 87.2 Å². The van der Waals surface area contributed by atoms with Crippen molar-refractivity contribution in [2.24, 2.45) is 0 Å². The summed E-state index contributed by atoms with van der Waals surface area (Å²) < 4.78 is 4.62. The molecule has 0 aliphatic carbocycles. The summed E-state index contributed by atoms with van der Waals surface area (Å²) in [6.07, 6.45) is 0. The van der Waals surface area contributed by atoms with E-state index < -0.39 is 0 Å². The van der Waals surface area contributed by atoms with Gasteiger partial charge in [-0.1, -0.05) is 146 Å². The summed E-state index contributed by atoms with van der Waals surface area (Å²) in [6.45, 7) is 0. The summed E-state index contributed by atoms with van der Waals surface area (Å²) in [5.41, 5.74) is 9.08. The minimum atomic E-state index is 0.582. The summed E-state index contributed by atoms with van der Waals surface area (Å²) in [7, 11) is 0. The molecule has 5 nitrogen and oxygen atoms in total. The highest BCUT2D eigenvalue weighted by atomic mass is 15.2. The number of hydrogen-bond donors (Lipinski definition) is 0. The van der Waals surface area contributed by atoms with E-state index in [2.05, 4.69) is 197 Å². The molecule has 0 radical (unpaired) electrons. The van der Waals surface area contributed by atoms with Crippen LogP contribution >= 0.6 is 0 Å². The summed E-state index contributed by atoms with van der Waals surface area (Å²) in [5, 5.41) is 11.0. The van der Waals surface area contributed by atoms with E-state index in [1.54, 1.807) is 0 Å². The van der Waals surface area contributed by atoms with Gasteiger partial charge in [0.25, 0.3) is 0 Å². The Morgan fingerprint density at radius 2 is 0.804 bits per heavy atom. The predicted molar refractivity (Wildman–Crippen MR) is 233 cm³/mol. The molecule has 0 saturated heterocycles. The Labute approximate surface area is 321 Å². The molecule has 12 aromatic rings. The number of nitrogens with zero attached hydrogens (tertiary/aromatic N) is 5. The van der Waals surface area contributed by atoms with E-state index in [1.807, 2.05) is 0 Å². The zero-order valence-electron chi connectivity index (χ0n) is 30.1. The monoisotopic (exact) mass is 713 g/mol. The summed E-state index contributed by atoms with van der Waals surface area (Å²) >= 11 is 0. The largest absolute Gasteiger partial charge is 0.309 e. The summed E-state index contributed by atoms with van der Waals surface area (Å²) in [4.78, 5) is 16.1. The average Bonchev–Trinajstić information content (AvgIpc) is 3.79. The molecule has 56 heavy (non-hydrogen) atoms. The molecule has 4 aromatic heterocycles. The number of hydrogen-bond acceptors (Lipinski definition) is 3. The van der Waals surface area contributed by atoms with E-state index in [0.717, 1.165) is 82.0 Å². The van der Waals surface area contributed by atoms with E-state index in [1.165, 1.54) is 10.8 Å². The maximum Gasteiger partial charge on any atom is 0.238 e. The zero-order chi connectivity index (χ0) is 36.7. The first-order chi connectivity index (χ1) is 27.8. The van der Waals surface area contributed by atoms with Gasteiger partial charge in [0, 0.05) is 43.4 Å². The minimum Gasteiger partial charge on any atom is -0.309 e. The summed E-state index contributed by atoms with van der Waals surface area (Å²) in [5.74, 6) is 0.582. The van der Waals surface area contributed by atoms with Crippen molar-refractivity contribution in [2.75, 3.05) is 0 Å². The number of aromatic nitrogens is 5. The van der Waals surface area contributed by atoms with Crippen LogP contribution in [0.25, 0.3) is 110 Å².